The van der Waals surface area contributed by atoms with Gasteiger partial charge < -0.3 is 4.74 Å². The van der Waals surface area contributed by atoms with Crippen LogP contribution >= 0.6 is 0 Å². The van der Waals surface area contributed by atoms with Gasteiger partial charge >= 0.3 is 0 Å². The summed E-state index contributed by atoms with van der Waals surface area (Å²) in [5, 5.41) is 1.55. The number of rotatable bonds is 4. The minimum Gasteiger partial charge on any atom is -0.380 e. The number of methoxy groups -OCH3 is 1. The molecule has 0 spiro atoms. The van der Waals surface area contributed by atoms with Crippen LogP contribution in [0.15, 0.2) is 24.3 Å². The summed E-state index contributed by atoms with van der Waals surface area (Å²) in [6.07, 6.45) is 2.89. The molecule has 0 radical (unpaired) electrons. The van der Waals surface area contributed by atoms with E-state index in [0.717, 1.165) is 13.1 Å². The maximum Gasteiger partial charge on any atom is 0.0775 e. The van der Waals surface area contributed by atoms with Crippen molar-refractivity contribution in [1.29, 1.82) is 0 Å². The molecule has 1 atom stereocenters. The van der Waals surface area contributed by atoms with E-state index in [2.05, 4.69) is 48.8 Å². The van der Waals surface area contributed by atoms with Gasteiger partial charge in [0.1, 0.15) is 0 Å². The van der Waals surface area contributed by atoms with Crippen molar-refractivity contribution >= 4 is 13.3 Å². The fraction of sp³-hybridized carbons (Fsp3) is 0.625. The molecule has 0 aliphatic carbocycles. The van der Waals surface area contributed by atoms with Gasteiger partial charge in [-0.1, -0.05) is 49.1 Å². The molecule has 106 valence electrons. The highest BCUT2D eigenvalue weighted by Crippen LogP contribution is 2.15. The zero-order chi connectivity index (χ0) is 13.9. The van der Waals surface area contributed by atoms with Crippen molar-refractivity contribution in [2.75, 3.05) is 20.2 Å². The van der Waals surface area contributed by atoms with Gasteiger partial charge in [-0.2, -0.15) is 0 Å². The molecule has 1 unspecified atom stereocenters. The molecule has 1 aromatic rings. The summed E-state index contributed by atoms with van der Waals surface area (Å²) in [5.74, 6) is 0. The number of hydrogen-bond acceptors (Lipinski definition) is 2. The third-order valence-electron chi connectivity index (χ3n) is 4.02. The van der Waals surface area contributed by atoms with E-state index >= 15 is 0 Å². The van der Waals surface area contributed by atoms with Crippen molar-refractivity contribution in [3.8, 4) is 0 Å². The number of hydrogen-bond donors (Lipinski definition) is 0. The molecule has 1 saturated heterocycles. The topological polar surface area (TPSA) is 12.5 Å². The third-order valence-corrected chi connectivity index (χ3v) is 6.09. The average molecular weight is 277 g/mol. The Morgan fingerprint density at radius 2 is 1.89 bits per heavy atom. The van der Waals surface area contributed by atoms with E-state index in [1.165, 1.54) is 24.9 Å². The van der Waals surface area contributed by atoms with Crippen LogP contribution < -0.4 is 5.19 Å². The first-order valence-electron chi connectivity index (χ1n) is 7.33. The molecule has 0 N–H and O–H groups in total. The van der Waals surface area contributed by atoms with Crippen LogP contribution in [-0.2, 0) is 11.3 Å². The van der Waals surface area contributed by atoms with Crippen molar-refractivity contribution in [1.82, 2.24) is 4.90 Å². The lowest BCUT2D eigenvalue weighted by Crippen LogP contribution is -2.39. The van der Waals surface area contributed by atoms with Crippen molar-refractivity contribution < 1.29 is 4.74 Å². The minimum atomic E-state index is -1.16. The fourth-order valence-electron chi connectivity index (χ4n) is 2.72. The van der Waals surface area contributed by atoms with Crippen LogP contribution in [0.2, 0.25) is 19.6 Å². The predicted molar refractivity (Wildman–Crippen MR) is 84.7 cm³/mol. The Bertz CT molecular complexity index is 396. The van der Waals surface area contributed by atoms with Crippen LogP contribution in [0.3, 0.4) is 0 Å². The van der Waals surface area contributed by atoms with Crippen molar-refractivity contribution in [2.24, 2.45) is 0 Å². The van der Waals surface area contributed by atoms with Gasteiger partial charge in [-0.05, 0) is 24.9 Å². The van der Waals surface area contributed by atoms with E-state index in [-0.39, 0.29) is 0 Å². The Hall–Kier alpha value is -0.643. The average Bonchev–Trinajstić information content (AvgIpc) is 2.38. The predicted octanol–water partition coefficient (Wildman–Crippen LogP) is 2.84. The molecule has 19 heavy (non-hydrogen) atoms. The second kappa shape index (κ2) is 6.20. The van der Waals surface area contributed by atoms with Crippen molar-refractivity contribution in [2.45, 2.75) is 45.1 Å². The Labute approximate surface area is 118 Å². The van der Waals surface area contributed by atoms with Gasteiger partial charge in [-0.15, -0.1) is 0 Å². The highest BCUT2D eigenvalue weighted by Gasteiger charge is 2.20. The first-order valence-corrected chi connectivity index (χ1v) is 10.8. The Balaban J connectivity index is 1.96. The maximum absolute atomic E-state index is 5.49. The van der Waals surface area contributed by atoms with Gasteiger partial charge in [0.25, 0.3) is 0 Å². The number of benzene rings is 1. The maximum atomic E-state index is 5.49. The molecule has 1 aliphatic heterocycles. The van der Waals surface area contributed by atoms with E-state index in [0.29, 0.717) is 6.10 Å². The molecule has 0 amide bonds. The van der Waals surface area contributed by atoms with Crippen LogP contribution in [0.5, 0.6) is 0 Å². The summed E-state index contributed by atoms with van der Waals surface area (Å²) in [7, 11) is 0.671. The van der Waals surface area contributed by atoms with Crippen LogP contribution in [0.25, 0.3) is 0 Å². The largest absolute Gasteiger partial charge is 0.380 e. The molecule has 2 rings (SSSR count). The highest BCUT2D eigenvalue weighted by atomic mass is 28.3. The van der Waals surface area contributed by atoms with Gasteiger partial charge in [-0.25, -0.2) is 0 Å². The van der Waals surface area contributed by atoms with Gasteiger partial charge in [-0.3, -0.25) is 4.90 Å². The van der Waals surface area contributed by atoms with E-state index in [1.807, 2.05) is 7.11 Å². The van der Waals surface area contributed by atoms with Gasteiger partial charge in [0.15, 0.2) is 0 Å². The van der Waals surface area contributed by atoms with Gasteiger partial charge in [0.05, 0.1) is 14.2 Å². The summed E-state index contributed by atoms with van der Waals surface area (Å²) in [4.78, 5) is 2.52. The lowest BCUT2D eigenvalue weighted by atomic mass is 10.1. The van der Waals surface area contributed by atoms with E-state index in [4.69, 9.17) is 4.74 Å². The van der Waals surface area contributed by atoms with Crippen LogP contribution in [0.4, 0.5) is 0 Å². The van der Waals surface area contributed by atoms with Crippen LogP contribution in [0, 0.1) is 0 Å². The second-order valence-electron chi connectivity index (χ2n) is 6.68. The molecule has 1 fully saturated rings. The number of nitrogens with zero attached hydrogens (tertiary/aromatic N) is 1. The molecule has 1 aliphatic rings. The second-order valence-corrected chi connectivity index (χ2v) is 11.8. The first kappa shape index (κ1) is 14.8. The first-order chi connectivity index (χ1) is 8.99. The van der Waals surface area contributed by atoms with E-state index < -0.39 is 8.07 Å². The van der Waals surface area contributed by atoms with Gasteiger partial charge in [0.2, 0.25) is 0 Å². The summed E-state index contributed by atoms with van der Waals surface area (Å²) in [5.41, 5.74) is 1.43. The minimum absolute atomic E-state index is 0.426. The lowest BCUT2D eigenvalue weighted by molar-refractivity contribution is 0.0285. The normalized spacial score (nSPS) is 21.6. The fourth-order valence-corrected chi connectivity index (χ4v) is 3.88. The molecule has 2 nitrogen and oxygen atoms in total. The standard InChI is InChI=1S/C16H27NOSi/c1-18-15-6-5-11-17(13-15)12-14-7-9-16(10-8-14)19(2,3)4/h7-10,15H,5-6,11-13H2,1-4H3. The molecule has 3 heteroatoms. The zero-order valence-corrected chi connectivity index (χ0v) is 13.8. The summed E-state index contributed by atoms with van der Waals surface area (Å²) < 4.78 is 5.49. The molecule has 1 heterocycles. The quantitative estimate of drug-likeness (QED) is 0.785. The van der Waals surface area contributed by atoms with Crippen molar-refractivity contribution in [3.05, 3.63) is 29.8 Å². The number of ether oxygens (including phenoxy) is 1. The smallest absolute Gasteiger partial charge is 0.0775 e. The van der Waals surface area contributed by atoms with E-state index in [1.54, 1.807) is 5.19 Å². The van der Waals surface area contributed by atoms with Gasteiger partial charge in [0, 0.05) is 20.2 Å². The van der Waals surface area contributed by atoms with Crippen LogP contribution in [-0.4, -0.2) is 39.3 Å². The summed E-state index contributed by atoms with van der Waals surface area (Å²) >= 11 is 0. The third kappa shape index (κ3) is 4.16. The number of likely N-dealkylation sites (tertiary alicyclic amines) is 1. The molecule has 1 aromatic carbocycles. The molecule has 0 aromatic heterocycles. The lowest BCUT2D eigenvalue weighted by Gasteiger charge is -2.32. The van der Waals surface area contributed by atoms with E-state index in [9.17, 15) is 0 Å². The zero-order valence-electron chi connectivity index (χ0n) is 12.8. The highest BCUT2D eigenvalue weighted by molar-refractivity contribution is 6.88. The molecular formula is C16H27NOSi. The number of piperidine rings is 1. The van der Waals surface area contributed by atoms with Crippen molar-refractivity contribution in [3.63, 3.8) is 0 Å². The molecule has 0 saturated carbocycles. The monoisotopic (exact) mass is 277 g/mol. The molecular weight excluding hydrogens is 250 g/mol. The Morgan fingerprint density at radius 3 is 2.47 bits per heavy atom. The SMILES string of the molecule is COC1CCCN(Cc2ccc([Si](C)(C)C)cc2)C1. The Morgan fingerprint density at radius 1 is 1.21 bits per heavy atom. The summed E-state index contributed by atoms with van der Waals surface area (Å²) in [6, 6.07) is 9.28. The Kier molecular flexibility index (Phi) is 4.82. The molecule has 0 bridgehead atoms. The van der Waals surface area contributed by atoms with Crippen LogP contribution in [0.1, 0.15) is 18.4 Å². The summed E-state index contributed by atoms with van der Waals surface area (Å²) in [6.45, 7) is 10.5.